The molecule has 0 radical (unpaired) electrons. The molecule has 0 amide bonds. The highest BCUT2D eigenvalue weighted by Crippen LogP contribution is 2.32. The smallest absolute Gasteiger partial charge is 0.0867 e. The molecular weight excluding hydrogens is 248 g/mol. The Morgan fingerprint density at radius 2 is 1.92 bits per heavy atom. The van der Waals surface area contributed by atoms with E-state index in [4.69, 9.17) is 0 Å². The first-order chi connectivity index (χ1) is 6.18. The SMILES string of the molecule is OC1(Cc2ccc(Br)cc2)CSC1. The van der Waals surface area contributed by atoms with E-state index >= 15 is 0 Å². The van der Waals surface area contributed by atoms with E-state index in [1.807, 2.05) is 23.9 Å². The van der Waals surface area contributed by atoms with Gasteiger partial charge < -0.3 is 5.11 Å². The fraction of sp³-hybridized carbons (Fsp3) is 0.400. The summed E-state index contributed by atoms with van der Waals surface area (Å²) in [7, 11) is 0. The molecule has 1 fully saturated rings. The first kappa shape index (κ1) is 9.56. The Labute approximate surface area is 90.7 Å². The lowest BCUT2D eigenvalue weighted by molar-refractivity contribution is 0.0793. The zero-order chi connectivity index (χ0) is 9.31. The highest BCUT2D eigenvalue weighted by atomic mass is 79.9. The highest BCUT2D eigenvalue weighted by molar-refractivity contribution is 9.10. The summed E-state index contributed by atoms with van der Waals surface area (Å²) >= 11 is 5.20. The summed E-state index contributed by atoms with van der Waals surface area (Å²) in [4.78, 5) is 0. The third-order valence-corrected chi connectivity index (χ3v) is 4.20. The molecule has 1 aromatic rings. The topological polar surface area (TPSA) is 20.2 Å². The van der Waals surface area contributed by atoms with Gasteiger partial charge in [-0.05, 0) is 17.7 Å². The summed E-state index contributed by atoms with van der Waals surface area (Å²) in [5, 5.41) is 9.90. The van der Waals surface area contributed by atoms with Crippen LogP contribution in [0.25, 0.3) is 0 Å². The molecule has 1 aliphatic heterocycles. The van der Waals surface area contributed by atoms with Crippen LogP contribution in [0.2, 0.25) is 0 Å². The van der Waals surface area contributed by atoms with Crippen molar-refractivity contribution in [1.82, 2.24) is 0 Å². The van der Waals surface area contributed by atoms with Crippen LogP contribution >= 0.6 is 27.7 Å². The van der Waals surface area contributed by atoms with E-state index in [2.05, 4.69) is 28.1 Å². The Morgan fingerprint density at radius 1 is 1.31 bits per heavy atom. The minimum Gasteiger partial charge on any atom is -0.388 e. The maximum Gasteiger partial charge on any atom is 0.0867 e. The second-order valence-corrected chi connectivity index (χ2v) is 5.42. The Bertz CT molecular complexity index is 292. The van der Waals surface area contributed by atoms with Crippen LogP contribution in [0, 0.1) is 0 Å². The largest absolute Gasteiger partial charge is 0.388 e. The van der Waals surface area contributed by atoms with Gasteiger partial charge in [0.15, 0.2) is 0 Å². The number of benzene rings is 1. The van der Waals surface area contributed by atoms with E-state index in [1.54, 1.807) is 0 Å². The maximum absolute atomic E-state index is 9.90. The van der Waals surface area contributed by atoms with Crippen molar-refractivity contribution in [2.24, 2.45) is 0 Å². The van der Waals surface area contributed by atoms with Crippen molar-refractivity contribution in [3.63, 3.8) is 0 Å². The summed E-state index contributed by atoms with van der Waals surface area (Å²) in [5.74, 6) is 1.76. The molecule has 1 saturated heterocycles. The average Bonchev–Trinajstić information content (AvgIpc) is 2.06. The first-order valence-corrected chi connectivity index (χ1v) is 6.17. The van der Waals surface area contributed by atoms with Gasteiger partial charge in [0.25, 0.3) is 0 Å². The lowest BCUT2D eigenvalue weighted by Gasteiger charge is -2.36. The number of aliphatic hydroxyl groups is 1. The van der Waals surface area contributed by atoms with Crippen LogP contribution in [0.5, 0.6) is 0 Å². The summed E-state index contributed by atoms with van der Waals surface area (Å²) in [6.07, 6.45) is 0.785. The van der Waals surface area contributed by atoms with Gasteiger partial charge in [-0.1, -0.05) is 28.1 Å². The molecule has 1 aliphatic rings. The van der Waals surface area contributed by atoms with Crippen LogP contribution in [0.1, 0.15) is 5.56 Å². The Hall–Kier alpha value is 0.01000. The summed E-state index contributed by atoms with van der Waals surface area (Å²) < 4.78 is 1.09. The van der Waals surface area contributed by atoms with Gasteiger partial charge in [0.1, 0.15) is 0 Å². The second kappa shape index (κ2) is 3.64. The van der Waals surface area contributed by atoms with Crippen molar-refractivity contribution < 1.29 is 5.11 Å². The molecule has 2 rings (SSSR count). The van der Waals surface area contributed by atoms with E-state index in [1.165, 1.54) is 5.56 Å². The highest BCUT2D eigenvalue weighted by Gasteiger charge is 2.35. The standard InChI is InChI=1S/C10H11BrOS/c11-9-3-1-8(2-4-9)5-10(12)6-13-7-10/h1-4,12H,5-7H2. The van der Waals surface area contributed by atoms with Gasteiger partial charge in [-0.2, -0.15) is 11.8 Å². The monoisotopic (exact) mass is 258 g/mol. The fourth-order valence-electron chi connectivity index (χ4n) is 1.42. The van der Waals surface area contributed by atoms with Gasteiger partial charge in [-0.15, -0.1) is 0 Å². The number of halogens is 1. The van der Waals surface area contributed by atoms with E-state index in [9.17, 15) is 5.11 Å². The summed E-state index contributed by atoms with van der Waals surface area (Å²) in [5.41, 5.74) is 0.782. The molecule has 0 bridgehead atoms. The van der Waals surface area contributed by atoms with Crippen LogP contribution in [-0.4, -0.2) is 22.2 Å². The first-order valence-electron chi connectivity index (χ1n) is 4.23. The van der Waals surface area contributed by atoms with E-state index < -0.39 is 5.60 Å². The van der Waals surface area contributed by atoms with Crippen LogP contribution in [0.3, 0.4) is 0 Å². The molecule has 13 heavy (non-hydrogen) atoms. The van der Waals surface area contributed by atoms with Crippen molar-refractivity contribution in [2.75, 3.05) is 11.5 Å². The van der Waals surface area contributed by atoms with Crippen molar-refractivity contribution >= 4 is 27.7 Å². The molecule has 3 heteroatoms. The summed E-state index contributed by atoms with van der Waals surface area (Å²) in [6, 6.07) is 8.16. The number of rotatable bonds is 2. The summed E-state index contributed by atoms with van der Waals surface area (Å²) in [6.45, 7) is 0. The van der Waals surface area contributed by atoms with Gasteiger partial charge in [0.2, 0.25) is 0 Å². The van der Waals surface area contributed by atoms with Gasteiger partial charge >= 0.3 is 0 Å². The second-order valence-electron chi connectivity index (χ2n) is 3.52. The molecule has 1 aromatic carbocycles. The molecule has 1 N–H and O–H groups in total. The van der Waals surface area contributed by atoms with Gasteiger partial charge in [-0.3, -0.25) is 0 Å². The maximum atomic E-state index is 9.90. The molecule has 0 aliphatic carbocycles. The van der Waals surface area contributed by atoms with Gasteiger partial charge in [0.05, 0.1) is 5.60 Å². The van der Waals surface area contributed by atoms with Gasteiger partial charge in [0, 0.05) is 22.4 Å². The minimum absolute atomic E-state index is 0.432. The van der Waals surface area contributed by atoms with Crippen molar-refractivity contribution in [3.05, 3.63) is 34.3 Å². The molecular formula is C10H11BrOS. The average molecular weight is 259 g/mol. The van der Waals surface area contributed by atoms with E-state index in [0.29, 0.717) is 0 Å². The van der Waals surface area contributed by atoms with Crippen LogP contribution < -0.4 is 0 Å². The number of thioether (sulfide) groups is 1. The zero-order valence-corrected chi connectivity index (χ0v) is 9.57. The number of hydrogen-bond donors (Lipinski definition) is 1. The Morgan fingerprint density at radius 3 is 2.38 bits per heavy atom. The third kappa shape index (κ3) is 2.27. The van der Waals surface area contributed by atoms with Crippen molar-refractivity contribution in [1.29, 1.82) is 0 Å². The molecule has 70 valence electrons. The molecule has 0 aromatic heterocycles. The predicted molar refractivity (Wildman–Crippen MR) is 60.1 cm³/mol. The fourth-order valence-corrected chi connectivity index (χ4v) is 2.57. The Balaban J connectivity index is 2.05. The molecule has 1 heterocycles. The van der Waals surface area contributed by atoms with Crippen molar-refractivity contribution in [2.45, 2.75) is 12.0 Å². The minimum atomic E-state index is -0.432. The quantitative estimate of drug-likeness (QED) is 0.880. The normalized spacial score (nSPS) is 19.5. The zero-order valence-electron chi connectivity index (χ0n) is 7.16. The number of hydrogen-bond acceptors (Lipinski definition) is 2. The van der Waals surface area contributed by atoms with Crippen LogP contribution in [0.4, 0.5) is 0 Å². The predicted octanol–water partition coefficient (Wildman–Crippen LogP) is 2.47. The molecule has 0 atom stereocenters. The van der Waals surface area contributed by atoms with E-state index in [0.717, 1.165) is 22.4 Å². The Kier molecular flexibility index (Phi) is 2.67. The van der Waals surface area contributed by atoms with Crippen LogP contribution in [-0.2, 0) is 6.42 Å². The third-order valence-electron chi connectivity index (χ3n) is 2.19. The van der Waals surface area contributed by atoms with Crippen LogP contribution in [0.15, 0.2) is 28.7 Å². The molecule has 0 spiro atoms. The lowest BCUT2D eigenvalue weighted by atomic mass is 9.98. The van der Waals surface area contributed by atoms with E-state index in [-0.39, 0.29) is 0 Å². The molecule has 0 saturated carbocycles. The lowest BCUT2D eigenvalue weighted by Crippen LogP contribution is -2.45. The van der Waals surface area contributed by atoms with Gasteiger partial charge in [-0.25, -0.2) is 0 Å². The van der Waals surface area contributed by atoms with Crippen molar-refractivity contribution in [3.8, 4) is 0 Å². The molecule has 1 nitrogen and oxygen atoms in total. The molecule has 0 unspecified atom stereocenters.